The van der Waals surface area contributed by atoms with Crippen LogP contribution in [-0.2, 0) is 21.2 Å². The number of hydrogen-bond donors (Lipinski definition) is 1. The molecule has 5 nitrogen and oxygen atoms in total. The molecule has 0 spiro atoms. The van der Waals surface area contributed by atoms with Crippen molar-refractivity contribution in [1.82, 2.24) is 9.62 Å². The Bertz CT molecular complexity index is 1060. The van der Waals surface area contributed by atoms with E-state index >= 15 is 0 Å². The van der Waals surface area contributed by atoms with Crippen LogP contribution in [0.3, 0.4) is 0 Å². The molecule has 1 aliphatic heterocycles. The van der Waals surface area contributed by atoms with E-state index in [1.54, 1.807) is 4.31 Å². The van der Waals surface area contributed by atoms with Crippen LogP contribution in [0, 0.1) is 26.7 Å². The highest BCUT2D eigenvalue weighted by Gasteiger charge is 2.34. The number of nitrogens with one attached hydrogen (secondary N) is 1. The first kappa shape index (κ1) is 22.0. The third kappa shape index (κ3) is 4.41. The number of piperidine rings is 1. The molecular formula is C25H32N2O3S. The quantitative estimate of drug-likeness (QED) is 0.775. The van der Waals surface area contributed by atoms with Gasteiger partial charge >= 0.3 is 0 Å². The fraction of sp³-hybridized carbons (Fsp3) is 0.480. The molecule has 4 rings (SSSR count). The first-order valence-corrected chi connectivity index (χ1v) is 12.7. The summed E-state index contributed by atoms with van der Waals surface area (Å²) in [6, 6.07) is 12.2. The van der Waals surface area contributed by atoms with Gasteiger partial charge in [-0.2, -0.15) is 4.31 Å². The Morgan fingerprint density at radius 3 is 2.32 bits per heavy atom. The van der Waals surface area contributed by atoms with Crippen molar-refractivity contribution in [2.75, 3.05) is 13.1 Å². The van der Waals surface area contributed by atoms with E-state index in [1.807, 2.05) is 39.0 Å². The van der Waals surface area contributed by atoms with Gasteiger partial charge in [0.05, 0.1) is 10.9 Å². The van der Waals surface area contributed by atoms with Gasteiger partial charge in [-0.25, -0.2) is 8.42 Å². The summed E-state index contributed by atoms with van der Waals surface area (Å²) in [5.41, 5.74) is 5.19. The van der Waals surface area contributed by atoms with E-state index in [9.17, 15) is 13.2 Å². The van der Waals surface area contributed by atoms with Gasteiger partial charge in [0.15, 0.2) is 0 Å². The van der Waals surface area contributed by atoms with E-state index in [4.69, 9.17) is 0 Å². The van der Waals surface area contributed by atoms with Crippen molar-refractivity contribution in [2.45, 2.75) is 63.8 Å². The molecule has 1 N–H and O–H groups in total. The van der Waals surface area contributed by atoms with Gasteiger partial charge in [0.25, 0.3) is 0 Å². The zero-order valence-electron chi connectivity index (χ0n) is 18.6. The predicted octanol–water partition coefficient (Wildman–Crippen LogP) is 4.21. The molecule has 1 aliphatic carbocycles. The number of rotatable bonds is 4. The highest BCUT2D eigenvalue weighted by molar-refractivity contribution is 7.89. The van der Waals surface area contributed by atoms with E-state index in [0.29, 0.717) is 30.8 Å². The van der Waals surface area contributed by atoms with Crippen LogP contribution >= 0.6 is 0 Å². The zero-order chi connectivity index (χ0) is 22.2. The van der Waals surface area contributed by atoms with Crippen molar-refractivity contribution >= 4 is 15.9 Å². The van der Waals surface area contributed by atoms with Gasteiger partial charge in [-0.05, 0) is 75.1 Å². The molecule has 2 aromatic rings. The number of nitrogens with zero attached hydrogens (tertiary/aromatic N) is 1. The SMILES string of the molecule is Cc1cc(C)c(S(=O)(=O)N2CCC(C(=O)NC3CCCc4ccccc43)CC2)c(C)c1. The molecule has 6 heteroatoms. The monoisotopic (exact) mass is 440 g/mol. The van der Waals surface area contributed by atoms with Gasteiger partial charge in [0.1, 0.15) is 0 Å². The molecule has 31 heavy (non-hydrogen) atoms. The van der Waals surface area contributed by atoms with Crippen LogP contribution in [-0.4, -0.2) is 31.7 Å². The summed E-state index contributed by atoms with van der Waals surface area (Å²) in [6.07, 6.45) is 4.22. The Labute approximate surface area is 185 Å². The van der Waals surface area contributed by atoms with E-state index in [2.05, 4.69) is 23.5 Å². The molecule has 2 aliphatic rings. The number of amides is 1. The van der Waals surface area contributed by atoms with Gasteiger partial charge in [-0.1, -0.05) is 42.0 Å². The fourth-order valence-electron chi connectivity index (χ4n) is 5.25. The molecule has 0 aromatic heterocycles. The minimum atomic E-state index is -3.55. The van der Waals surface area contributed by atoms with Crippen molar-refractivity contribution in [3.63, 3.8) is 0 Å². The van der Waals surface area contributed by atoms with Crippen LogP contribution in [0.1, 0.15) is 59.5 Å². The molecule has 0 saturated carbocycles. The van der Waals surface area contributed by atoms with Gasteiger partial charge in [-0.15, -0.1) is 0 Å². The molecule has 1 saturated heterocycles. The first-order chi connectivity index (χ1) is 14.8. The molecule has 1 heterocycles. The van der Waals surface area contributed by atoms with Crippen molar-refractivity contribution in [1.29, 1.82) is 0 Å². The molecule has 1 atom stereocenters. The first-order valence-electron chi connectivity index (χ1n) is 11.2. The van der Waals surface area contributed by atoms with Crippen LogP contribution in [0.5, 0.6) is 0 Å². The average molecular weight is 441 g/mol. The summed E-state index contributed by atoms with van der Waals surface area (Å²) in [5.74, 6) is -0.0813. The summed E-state index contributed by atoms with van der Waals surface area (Å²) >= 11 is 0. The fourth-order valence-corrected chi connectivity index (χ4v) is 7.14. The molecule has 166 valence electrons. The lowest BCUT2D eigenvalue weighted by atomic mass is 9.87. The van der Waals surface area contributed by atoms with Crippen LogP contribution in [0.4, 0.5) is 0 Å². The number of carbonyl (C=O) groups is 1. The summed E-state index contributed by atoms with van der Waals surface area (Å²) in [7, 11) is -3.55. The molecule has 2 aromatic carbocycles. The normalized spacial score (nSPS) is 20.3. The zero-order valence-corrected chi connectivity index (χ0v) is 19.5. The third-order valence-corrected chi connectivity index (χ3v) is 8.92. The Morgan fingerprint density at radius 1 is 1.00 bits per heavy atom. The lowest BCUT2D eigenvalue weighted by Gasteiger charge is -2.33. The Balaban J connectivity index is 1.42. The minimum Gasteiger partial charge on any atom is -0.349 e. The lowest BCUT2D eigenvalue weighted by molar-refractivity contribution is -0.127. The van der Waals surface area contributed by atoms with Crippen LogP contribution in [0.2, 0.25) is 0 Å². The summed E-state index contributed by atoms with van der Waals surface area (Å²) in [5, 5.41) is 3.25. The van der Waals surface area contributed by atoms with Crippen molar-refractivity contribution < 1.29 is 13.2 Å². The van der Waals surface area contributed by atoms with Gasteiger partial charge in [-0.3, -0.25) is 4.79 Å². The van der Waals surface area contributed by atoms with Crippen LogP contribution in [0.25, 0.3) is 0 Å². The standard InChI is InChI=1S/C25H32N2O3S/c1-17-15-18(2)24(19(3)16-17)31(29,30)27-13-11-21(12-14-27)25(28)26-23-10-6-8-20-7-4-5-9-22(20)23/h4-5,7,9,15-16,21,23H,6,8,10-14H2,1-3H3,(H,26,28). The van der Waals surface area contributed by atoms with Gasteiger partial charge < -0.3 is 5.32 Å². The highest BCUT2D eigenvalue weighted by atomic mass is 32.2. The molecule has 1 fully saturated rings. The number of hydrogen-bond acceptors (Lipinski definition) is 3. The Kier molecular flexibility index (Phi) is 6.22. The largest absolute Gasteiger partial charge is 0.349 e. The van der Waals surface area contributed by atoms with E-state index in [-0.39, 0.29) is 17.9 Å². The Hall–Kier alpha value is -2.18. The topological polar surface area (TPSA) is 66.5 Å². The lowest BCUT2D eigenvalue weighted by Crippen LogP contribution is -2.44. The minimum absolute atomic E-state index is 0.0569. The van der Waals surface area contributed by atoms with Gasteiger partial charge in [0.2, 0.25) is 15.9 Å². The molecule has 1 amide bonds. The average Bonchev–Trinajstić information content (AvgIpc) is 2.73. The second-order valence-corrected chi connectivity index (χ2v) is 10.9. The Morgan fingerprint density at radius 2 is 1.65 bits per heavy atom. The van der Waals surface area contributed by atoms with Crippen molar-refractivity contribution in [3.05, 3.63) is 64.2 Å². The second-order valence-electron chi connectivity index (χ2n) is 9.06. The summed E-state index contributed by atoms with van der Waals surface area (Å²) < 4.78 is 28.1. The molecule has 0 bridgehead atoms. The van der Waals surface area contributed by atoms with Crippen molar-refractivity contribution in [3.8, 4) is 0 Å². The summed E-state index contributed by atoms with van der Waals surface area (Å²) in [6.45, 7) is 6.46. The maximum atomic E-state index is 13.3. The number of fused-ring (bicyclic) bond motifs is 1. The summed E-state index contributed by atoms with van der Waals surface area (Å²) in [4.78, 5) is 13.4. The maximum absolute atomic E-state index is 13.3. The van der Waals surface area contributed by atoms with Gasteiger partial charge in [0, 0.05) is 19.0 Å². The van der Waals surface area contributed by atoms with Crippen LogP contribution in [0.15, 0.2) is 41.3 Å². The number of sulfonamides is 1. The number of aryl methyl sites for hydroxylation is 4. The van der Waals surface area contributed by atoms with Crippen LogP contribution < -0.4 is 5.32 Å². The maximum Gasteiger partial charge on any atom is 0.243 e. The van der Waals surface area contributed by atoms with E-state index in [0.717, 1.165) is 36.0 Å². The highest BCUT2D eigenvalue weighted by Crippen LogP contribution is 2.32. The molecule has 0 radical (unpaired) electrons. The smallest absolute Gasteiger partial charge is 0.243 e. The number of carbonyl (C=O) groups excluding carboxylic acids is 1. The third-order valence-electron chi connectivity index (χ3n) is 6.71. The second kappa shape index (κ2) is 8.75. The van der Waals surface area contributed by atoms with E-state index in [1.165, 1.54) is 11.1 Å². The predicted molar refractivity (Wildman–Crippen MR) is 122 cm³/mol. The molecular weight excluding hydrogens is 408 g/mol. The van der Waals surface area contributed by atoms with E-state index < -0.39 is 10.0 Å². The van der Waals surface area contributed by atoms with Crippen molar-refractivity contribution in [2.24, 2.45) is 5.92 Å². The molecule has 1 unspecified atom stereocenters. The number of benzene rings is 2.